The van der Waals surface area contributed by atoms with E-state index in [1.54, 1.807) is 42.5 Å². The summed E-state index contributed by atoms with van der Waals surface area (Å²) < 4.78 is 28.4. The van der Waals surface area contributed by atoms with Gasteiger partial charge in [-0.1, -0.05) is 48.0 Å². The predicted molar refractivity (Wildman–Crippen MR) is 167 cm³/mol. The number of carbonyl (C=O) groups excluding carboxylic acids is 1. The Hall–Kier alpha value is -4.81. The quantitative estimate of drug-likeness (QED) is 0.155. The summed E-state index contributed by atoms with van der Waals surface area (Å²) >= 11 is 6.58. The summed E-state index contributed by atoms with van der Waals surface area (Å²) in [4.78, 5) is 32.4. The summed E-state index contributed by atoms with van der Waals surface area (Å²) in [5.41, 5.74) is 1.71. The lowest BCUT2D eigenvalue weighted by molar-refractivity contribution is -0.384. The van der Waals surface area contributed by atoms with Gasteiger partial charge in [-0.05, 0) is 56.0 Å². The summed E-state index contributed by atoms with van der Waals surface area (Å²) in [6, 6.07) is 20.7. The summed E-state index contributed by atoms with van der Waals surface area (Å²) in [6.07, 6.45) is 6.12. The molecule has 0 bridgehead atoms. The first-order chi connectivity index (χ1) is 21.2. The van der Waals surface area contributed by atoms with Crippen molar-refractivity contribution in [1.29, 1.82) is 0 Å². The predicted octanol–water partition coefficient (Wildman–Crippen LogP) is 6.05. The molecule has 1 aliphatic rings. The second-order valence-corrected chi connectivity index (χ2v) is 12.8. The number of nitro groups is 1. The highest BCUT2D eigenvalue weighted by atomic mass is 35.5. The van der Waals surface area contributed by atoms with Gasteiger partial charge in [0.25, 0.3) is 21.6 Å². The van der Waals surface area contributed by atoms with E-state index in [1.165, 1.54) is 40.6 Å². The van der Waals surface area contributed by atoms with Gasteiger partial charge in [0.2, 0.25) is 5.95 Å². The Morgan fingerprint density at radius 1 is 0.977 bits per heavy atom. The molecule has 0 spiro atoms. The topological polar surface area (TPSA) is 149 Å². The molecule has 0 aliphatic heterocycles. The minimum atomic E-state index is -3.89. The number of nitro benzene ring substituents is 1. The molecular formula is C31H27ClN6O5S. The first kappa shape index (κ1) is 29.3. The van der Waals surface area contributed by atoms with Crippen molar-refractivity contribution in [2.45, 2.75) is 42.7 Å². The van der Waals surface area contributed by atoms with E-state index in [4.69, 9.17) is 16.6 Å². The number of fused-ring (bicyclic) bond motifs is 1. The number of amides is 1. The average Bonchev–Trinajstić information content (AvgIpc) is 3.43. The molecule has 2 aromatic heterocycles. The molecule has 1 saturated carbocycles. The van der Waals surface area contributed by atoms with Crippen LogP contribution >= 0.6 is 11.6 Å². The zero-order chi connectivity index (χ0) is 30.8. The van der Waals surface area contributed by atoms with Crippen molar-refractivity contribution in [2.24, 2.45) is 0 Å². The smallest absolute Gasteiger partial charge is 0.269 e. The lowest BCUT2D eigenvalue weighted by atomic mass is 9.91. The number of carbonyl (C=O) groups is 1. The van der Waals surface area contributed by atoms with Crippen LogP contribution in [0, 0.1) is 10.1 Å². The van der Waals surface area contributed by atoms with Gasteiger partial charge in [0.15, 0.2) is 0 Å². The maximum Gasteiger partial charge on any atom is 0.269 e. The van der Waals surface area contributed by atoms with Crippen molar-refractivity contribution in [2.75, 3.05) is 5.32 Å². The highest BCUT2D eigenvalue weighted by Gasteiger charge is 2.26. The van der Waals surface area contributed by atoms with E-state index in [0.29, 0.717) is 40.1 Å². The van der Waals surface area contributed by atoms with E-state index < -0.39 is 14.9 Å². The Kier molecular flexibility index (Phi) is 8.02. The van der Waals surface area contributed by atoms with Gasteiger partial charge in [-0.3, -0.25) is 14.9 Å². The molecule has 11 nitrogen and oxygen atoms in total. The maximum absolute atomic E-state index is 13.6. The van der Waals surface area contributed by atoms with Crippen LogP contribution in [0.15, 0.2) is 96.2 Å². The highest BCUT2D eigenvalue weighted by molar-refractivity contribution is 7.90. The Morgan fingerprint density at radius 3 is 2.43 bits per heavy atom. The van der Waals surface area contributed by atoms with Crippen molar-refractivity contribution < 1.29 is 18.1 Å². The average molecular weight is 631 g/mol. The third-order valence-corrected chi connectivity index (χ3v) is 9.62. The lowest BCUT2D eigenvalue weighted by Crippen LogP contribution is -2.42. The molecule has 0 radical (unpaired) electrons. The molecule has 1 aliphatic carbocycles. The van der Waals surface area contributed by atoms with Crippen LogP contribution in [0.2, 0.25) is 5.02 Å². The Balaban J connectivity index is 1.23. The molecule has 1 amide bonds. The molecular weight excluding hydrogens is 604 g/mol. The van der Waals surface area contributed by atoms with Gasteiger partial charge < -0.3 is 10.6 Å². The lowest BCUT2D eigenvalue weighted by Gasteiger charge is -2.30. The van der Waals surface area contributed by atoms with Gasteiger partial charge in [-0.25, -0.2) is 22.4 Å². The summed E-state index contributed by atoms with van der Waals surface area (Å²) in [7, 11) is -3.89. The molecule has 2 atom stereocenters. The van der Waals surface area contributed by atoms with E-state index in [0.717, 1.165) is 19.3 Å². The van der Waals surface area contributed by atoms with E-state index in [9.17, 15) is 23.3 Å². The van der Waals surface area contributed by atoms with Gasteiger partial charge >= 0.3 is 0 Å². The summed E-state index contributed by atoms with van der Waals surface area (Å²) in [6.45, 7) is 0. The zero-order valence-electron chi connectivity index (χ0n) is 23.3. The number of para-hydroxylation sites is 1. The molecule has 2 N–H and O–H groups in total. The van der Waals surface area contributed by atoms with Crippen molar-refractivity contribution in [1.82, 2.24) is 19.3 Å². The van der Waals surface area contributed by atoms with Crippen LogP contribution in [0.5, 0.6) is 0 Å². The largest absolute Gasteiger partial charge is 0.351 e. The van der Waals surface area contributed by atoms with Gasteiger partial charge in [-0.2, -0.15) is 0 Å². The molecule has 1 fully saturated rings. The summed E-state index contributed by atoms with van der Waals surface area (Å²) in [5, 5.41) is 18.2. The van der Waals surface area contributed by atoms with E-state index in [2.05, 4.69) is 15.6 Å². The van der Waals surface area contributed by atoms with Gasteiger partial charge in [0.05, 0.1) is 32.2 Å². The van der Waals surface area contributed by atoms with Crippen LogP contribution in [0.25, 0.3) is 22.2 Å². The number of halogens is 1. The van der Waals surface area contributed by atoms with Gasteiger partial charge in [-0.15, -0.1) is 0 Å². The van der Waals surface area contributed by atoms with Crippen LogP contribution < -0.4 is 10.6 Å². The molecule has 6 rings (SSSR count). The Morgan fingerprint density at radius 2 is 1.68 bits per heavy atom. The van der Waals surface area contributed by atoms with Crippen molar-refractivity contribution in [3.8, 4) is 11.3 Å². The molecule has 2 heterocycles. The second kappa shape index (κ2) is 12.1. The molecule has 3 aromatic carbocycles. The molecule has 44 heavy (non-hydrogen) atoms. The van der Waals surface area contributed by atoms with Gasteiger partial charge in [0.1, 0.15) is 0 Å². The van der Waals surface area contributed by atoms with Crippen LogP contribution in [0.1, 0.15) is 36.0 Å². The number of rotatable bonds is 8. The van der Waals surface area contributed by atoms with Crippen molar-refractivity contribution in [3.05, 3.63) is 112 Å². The second-order valence-electron chi connectivity index (χ2n) is 10.5. The number of non-ortho nitro benzene ring substituents is 1. The van der Waals surface area contributed by atoms with Crippen LogP contribution in [0.4, 0.5) is 11.6 Å². The maximum atomic E-state index is 13.6. The number of anilines is 1. The fourth-order valence-electron chi connectivity index (χ4n) is 5.51. The molecule has 224 valence electrons. The summed E-state index contributed by atoms with van der Waals surface area (Å²) in [5.74, 6) is 0.0388. The molecule has 0 saturated heterocycles. The zero-order valence-corrected chi connectivity index (χ0v) is 24.8. The monoisotopic (exact) mass is 630 g/mol. The molecule has 5 aromatic rings. The number of aromatic nitrogens is 3. The highest BCUT2D eigenvalue weighted by Crippen LogP contribution is 2.36. The normalized spacial score (nSPS) is 16.8. The number of hydrogen-bond acceptors (Lipinski definition) is 8. The standard InChI is InChI=1S/C31H27ClN6O5S/c32-27-18-33-31(35-22-8-6-7-21(17-22)34-30(39)20-13-15-23(16-14-20)38(40)41)36-29(27)26-19-37(28-12-5-4-11-25(26)28)44(42,43)24-9-2-1-3-10-24/h1-5,9-16,18-19,21-22H,6-8,17H2,(H,34,39)(H,33,35,36). The van der Waals surface area contributed by atoms with E-state index >= 15 is 0 Å². The van der Waals surface area contributed by atoms with Crippen molar-refractivity contribution >= 4 is 50.1 Å². The number of nitrogens with one attached hydrogen (secondary N) is 2. The first-order valence-corrected chi connectivity index (χ1v) is 15.8. The van der Waals surface area contributed by atoms with Crippen LogP contribution in [0.3, 0.4) is 0 Å². The third-order valence-electron chi connectivity index (χ3n) is 7.66. The first-order valence-electron chi connectivity index (χ1n) is 14.0. The van der Waals surface area contributed by atoms with Crippen molar-refractivity contribution in [3.63, 3.8) is 0 Å². The van der Waals surface area contributed by atoms with Crippen LogP contribution in [-0.2, 0) is 10.0 Å². The van der Waals surface area contributed by atoms with E-state index in [-0.39, 0.29) is 33.6 Å². The molecule has 13 heteroatoms. The van der Waals surface area contributed by atoms with E-state index in [1.807, 2.05) is 12.1 Å². The fraction of sp³-hybridized carbons (Fsp3) is 0.194. The van der Waals surface area contributed by atoms with Gasteiger partial charge in [0, 0.05) is 46.9 Å². The third kappa shape index (κ3) is 5.86. The minimum Gasteiger partial charge on any atom is -0.351 e. The minimum absolute atomic E-state index is 0.0419. The van der Waals surface area contributed by atoms with Crippen LogP contribution in [-0.4, -0.2) is 45.3 Å². The number of benzene rings is 3. The Labute approximate surface area is 258 Å². The fourth-order valence-corrected chi connectivity index (χ4v) is 7.09. The SMILES string of the molecule is O=C(NC1CCCC(Nc2ncc(Cl)c(-c3cn(S(=O)(=O)c4ccccc4)c4ccccc34)n2)C1)c1ccc([N+](=O)[O-])cc1. The Bertz CT molecular complexity index is 1970. The molecule has 2 unspecified atom stereocenters. The number of hydrogen-bond donors (Lipinski definition) is 2. The number of nitrogens with zero attached hydrogens (tertiary/aromatic N) is 4.